The Kier molecular flexibility index (Phi) is 4.90. The molecule has 0 atom stereocenters. The summed E-state index contributed by atoms with van der Waals surface area (Å²) < 4.78 is 5.19. The van der Waals surface area contributed by atoms with E-state index in [1.807, 2.05) is 6.07 Å². The Morgan fingerprint density at radius 2 is 1.90 bits per heavy atom. The van der Waals surface area contributed by atoms with Gasteiger partial charge in [-0.1, -0.05) is 0 Å². The lowest BCUT2D eigenvalue weighted by Gasteiger charge is -2.28. The predicted octanol–water partition coefficient (Wildman–Crippen LogP) is 0.489. The minimum Gasteiger partial charge on any atom is -0.378 e. The van der Waals surface area contributed by atoms with Crippen molar-refractivity contribution in [1.82, 2.24) is 9.80 Å². The van der Waals surface area contributed by atoms with Crippen molar-refractivity contribution in [3.05, 3.63) is 35.4 Å². The third-order valence-corrected chi connectivity index (χ3v) is 3.34. The molecule has 21 heavy (non-hydrogen) atoms. The van der Waals surface area contributed by atoms with Gasteiger partial charge in [0.05, 0.1) is 31.4 Å². The van der Waals surface area contributed by atoms with Crippen molar-refractivity contribution >= 4 is 11.8 Å². The number of ether oxygens (including phenoxy) is 1. The van der Waals surface area contributed by atoms with Crippen molar-refractivity contribution in [2.24, 2.45) is 0 Å². The summed E-state index contributed by atoms with van der Waals surface area (Å²) in [4.78, 5) is 27.4. The standard InChI is InChI=1S/C15H17N3O3/c1-17(11-14(19)18-6-8-21-9-7-18)15(20)13-4-2-12(10-16)3-5-13/h2-5H,6-9,11H2,1H3. The highest BCUT2D eigenvalue weighted by atomic mass is 16.5. The fourth-order valence-electron chi connectivity index (χ4n) is 2.10. The van der Waals surface area contributed by atoms with Gasteiger partial charge in [0.1, 0.15) is 0 Å². The van der Waals surface area contributed by atoms with Crippen LogP contribution in [0.2, 0.25) is 0 Å². The molecule has 2 amide bonds. The summed E-state index contributed by atoms with van der Waals surface area (Å²) in [5.41, 5.74) is 0.963. The normalized spacial score (nSPS) is 14.4. The molecule has 0 saturated carbocycles. The van der Waals surface area contributed by atoms with Gasteiger partial charge in [-0.3, -0.25) is 9.59 Å². The number of carbonyl (C=O) groups is 2. The maximum Gasteiger partial charge on any atom is 0.254 e. The van der Waals surface area contributed by atoms with Gasteiger partial charge < -0.3 is 14.5 Å². The number of hydrogen-bond acceptors (Lipinski definition) is 4. The number of hydrogen-bond donors (Lipinski definition) is 0. The van der Waals surface area contributed by atoms with Crippen molar-refractivity contribution in [2.45, 2.75) is 0 Å². The van der Waals surface area contributed by atoms with Crippen molar-refractivity contribution in [3.63, 3.8) is 0 Å². The first-order valence-electron chi connectivity index (χ1n) is 6.73. The van der Waals surface area contributed by atoms with Crippen LogP contribution < -0.4 is 0 Å². The summed E-state index contributed by atoms with van der Waals surface area (Å²) in [5.74, 6) is -0.316. The largest absolute Gasteiger partial charge is 0.378 e. The highest BCUT2D eigenvalue weighted by molar-refractivity contribution is 5.96. The summed E-state index contributed by atoms with van der Waals surface area (Å²) in [6.07, 6.45) is 0. The summed E-state index contributed by atoms with van der Waals surface area (Å²) in [6, 6.07) is 8.36. The highest BCUT2D eigenvalue weighted by Gasteiger charge is 2.21. The molecule has 1 aromatic carbocycles. The van der Waals surface area contributed by atoms with E-state index >= 15 is 0 Å². The molecule has 0 radical (unpaired) electrons. The molecule has 110 valence electrons. The number of rotatable bonds is 3. The summed E-state index contributed by atoms with van der Waals surface area (Å²) in [7, 11) is 1.60. The molecule has 1 aromatic rings. The number of nitriles is 1. The first-order chi connectivity index (χ1) is 10.1. The van der Waals surface area contributed by atoms with Crippen LogP contribution in [-0.4, -0.2) is 61.5 Å². The minimum atomic E-state index is -0.235. The first kappa shape index (κ1) is 15.0. The topological polar surface area (TPSA) is 73.6 Å². The maximum atomic E-state index is 12.2. The SMILES string of the molecule is CN(CC(=O)N1CCOCC1)C(=O)c1ccc(C#N)cc1. The van der Waals surface area contributed by atoms with E-state index in [1.54, 1.807) is 36.2 Å². The Hall–Kier alpha value is -2.39. The van der Waals surface area contributed by atoms with Gasteiger partial charge >= 0.3 is 0 Å². The zero-order chi connectivity index (χ0) is 15.2. The van der Waals surface area contributed by atoms with Crippen LogP contribution in [0.4, 0.5) is 0 Å². The maximum absolute atomic E-state index is 12.2. The molecule has 6 nitrogen and oxygen atoms in total. The molecule has 1 aliphatic rings. The van der Waals surface area contributed by atoms with E-state index in [-0.39, 0.29) is 18.4 Å². The van der Waals surface area contributed by atoms with Crippen LogP contribution in [0.1, 0.15) is 15.9 Å². The van der Waals surface area contributed by atoms with E-state index in [0.29, 0.717) is 37.4 Å². The molecule has 2 rings (SSSR count). The number of likely N-dealkylation sites (N-methyl/N-ethyl adjacent to an activating group) is 1. The predicted molar refractivity (Wildman–Crippen MR) is 75.5 cm³/mol. The summed E-state index contributed by atoms with van der Waals surface area (Å²) in [6.45, 7) is 2.26. The molecule has 1 aliphatic heterocycles. The Balaban J connectivity index is 1.95. The average molecular weight is 287 g/mol. The van der Waals surface area contributed by atoms with Gasteiger partial charge in [0, 0.05) is 25.7 Å². The van der Waals surface area contributed by atoms with Crippen LogP contribution in [0.15, 0.2) is 24.3 Å². The molecule has 0 aliphatic carbocycles. The molecule has 0 N–H and O–H groups in total. The molecule has 1 saturated heterocycles. The molecule has 0 unspecified atom stereocenters. The Morgan fingerprint density at radius 3 is 2.48 bits per heavy atom. The second-order valence-electron chi connectivity index (χ2n) is 4.84. The van der Waals surface area contributed by atoms with Gasteiger partial charge in [-0.05, 0) is 24.3 Å². The number of benzene rings is 1. The number of nitrogens with zero attached hydrogens (tertiary/aromatic N) is 3. The van der Waals surface area contributed by atoms with Crippen molar-refractivity contribution in [3.8, 4) is 6.07 Å². The zero-order valence-electron chi connectivity index (χ0n) is 11.9. The molecule has 1 heterocycles. The molecule has 0 bridgehead atoms. The molecular formula is C15H17N3O3. The lowest BCUT2D eigenvalue weighted by Crippen LogP contribution is -2.46. The Bertz CT molecular complexity index is 557. The van der Waals surface area contributed by atoms with Gasteiger partial charge in [0.2, 0.25) is 5.91 Å². The third kappa shape index (κ3) is 3.80. The van der Waals surface area contributed by atoms with E-state index in [4.69, 9.17) is 10.00 Å². The molecule has 0 spiro atoms. The van der Waals surface area contributed by atoms with Crippen molar-refractivity contribution < 1.29 is 14.3 Å². The van der Waals surface area contributed by atoms with Crippen LogP contribution in [0.25, 0.3) is 0 Å². The third-order valence-electron chi connectivity index (χ3n) is 3.34. The lowest BCUT2D eigenvalue weighted by molar-refractivity contribution is -0.135. The van der Waals surface area contributed by atoms with Crippen LogP contribution in [-0.2, 0) is 9.53 Å². The Labute approximate surface area is 123 Å². The lowest BCUT2D eigenvalue weighted by atomic mass is 10.1. The van der Waals surface area contributed by atoms with Gasteiger partial charge in [0.25, 0.3) is 5.91 Å². The molecule has 1 fully saturated rings. The fraction of sp³-hybridized carbons (Fsp3) is 0.400. The fourth-order valence-corrected chi connectivity index (χ4v) is 2.10. The van der Waals surface area contributed by atoms with Gasteiger partial charge in [-0.15, -0.1) is 0 Å². The van der Waals surface area contributed by atoms with Crippen molar-refractivity contribution in [1.29, 1.82) is 5.26 Å². The van der Waals surface area contributed by atoms with E-state index in [0.717, 1.165) is 0 Å². The monoisotopic (exact) mass is 287 g/mol. The zero-order valence-corrected chi connectivity index (χ0v) is 11.9. The Morgan fingerprint density at radius 1 is 1.29 bits per heavy atom. The molecule has 6 heteroatoms. The van der Waals surface area contributed by atoms with E-state index < -0.39 is 0 Å². The second kappa shape index (κ2) is 6.86. The van der Waals surface area contributed by atoms with Gasteiger partial charge in [-0.2, -0.15) is 5.26 Å². The van der Waals surface area contributed by atoms with Crippen LogP contribution in [0.5, 0.6) is 0 Å². The van der Waals surface area contributed by atoms with E-state index in [2.05, 4.69) is 0 Å². The van der Waals surface area contributed by atoms with Crippen LogP contribution in [0, 0.1) is 11.3 Å². The number of carbonyl (C=O) groups excluding carboxylic acids is 2. The number of amides is 2. The quantitative estimate of drug-likeness (QED) is 0.811. The van der Waals surface area contributed by atoms with Gasteiger partial charge in [0.15, 0.2) is 0 Å². The van der Waals surface area contributed by atoms with Crippen LogP contribution >= 0.6 is 0 Å². The smallest absolute Gasteiger partial charge is 0.254 e. The number of morpholine rings is 1. The first-order valence-corrected chi connectivity index (χ1v) is 6.73. The van der Waals surface area contributed by atoms with E-state index in [9.17, 15) is 9.59 Å². The van der Waals surface area contributed by atoms with Crippen molar-refractivity contribution in [2.75, 3.05) is 39.9 Å². The second-order valence-corrected chi connectivity index (χ2v) is 4.84. The molecular weight excluding hydrogens is 270 g/mol. The summed E-state index contributed by atoms with van der Waals surface area (Å²) in [5, 5.41) is 8.73. The van der Waals surface area contributed by atoms with Crippen LogP contribution in [0.3, 0.4) is 0 Å². The average Bonchev–Trinajstić information content (AvgIpc) is 2.55. The molecule has 0 aromatic heterocycles. The minimum absolute atomic E-state index is 0.0405. The summed E-state index contributed by atoms with van der Waals surface area (Å²) >= 11 is 0. The van der Waals surface area contributed by atoms with Gasteiger partial charge in [-0.25, -0.2) is 0 Å². The highest BCUT2D eigenvalue weighted by Crippen LogP contribution is 2.07. The van der Waals surface area contributed by atoms with E-state index in [1.165, 1.54) is 4.90 Å².